The summed E-state index contributed by atoms with van der Waals surface area (Å²) in [6.45, 7) is 3.95. The van der Waals surface area contributed by atoms with Gasteiger partial charge >= 0.3 is 0 Å². The van der Waals surface area contributed by atoms with E-state index in [2.05, 4.69) is 10.6 Å². The Balaban J connectivity index is 1.54. The molecule has 2 fully saturated rings. The Labute approximate surface area is 95.6 Å². The molecule has 2 aliphatic heterocycles. The summed E-state index contributed by atoms with van der Waals surface area (Å²) in [6, 6.07) is 0. The predicted molar refractivity (Wildman–Crippen MR) is 59.8 cm³/mol. The van der Waals surface area contributed by atoms with Gasteiger partial charge in [0.15, 0.2) is 0 Å². The van der Waals surface area contributed by atoms with E-state index in [-0.39, 0.29) is 17.7 Å². The van der Waals surface area contributed by atoms with Crippen LogP contribution in [0.15, 0.2) is 0 Å². The lowest BCUT2D eigenvalue weighted by Gasteiger charge is -2.26. The van der Waals surface area contributed by atoms with Gasteiger partial charge in [0.05, 0.1) is 5.92 Å². The van der Waals surface area contributed by atoms with Gasteiger partial charge in [-0.1, -0.05) is 0 Å². The number of likely N-dealkylation sites (tertiary alicyclic amines) is 1. The third-order valence-corrected chi connectivity index (χ3v) is 3.23. The second-order valence-corrected chi connectivity index (χ2v) is 4.48. The molecule has 90 valence electrons. The summed E-state index contributed by atoms with van der Waals surface area (Å²) in [7, 11) is 0. The topological polar surface area (TPSA) is 61.4 Å². The van der Waals surface area contributed by atoms with Crippen LogP contribution in [0.1, 0.15) is 19.3 Å². The maximum absolute atomic E-state index is 11.5. The molecular formula is C11H19N3O2. The van der Waals surface area contributed by atoms with Gasteiger partial charge in [0, 0.05) is 39.1 Å². The molecule has 0 bridgehead atoms. The fourth-order valence-electron chi connectivity index (χ4n) is 2.04. The van der Waals surface area contributed by atoms with Crippen molar-refractivity contribution in [2.24, 2.45) is 5.92 Å². The number of hydrogen-bond acceptors (Lipinski definition) is 3. The van der Waals surface area contributed by atoms with Gasteiger partial charge in [0.1, 0.15) is 0 Å². The van der Waals surface area contributed by atoms with Crippen molar-refractivity contribution in [1.82, 2.24) is 15.5 Å². The lowest BCUT2D eigenvalue weighted by Crippen LogP contribution is -2.51. The van der Waals surface area contributed by atoms with Gasteiger partial charge in [0.25, 0.3) is 0 Å². The van der Waals surface area contributed by atoms with E-state index in [1.165, 1.54) is 0 Å². The summed E-state index contributed by atoms with van der Waals surface area (Å²) in [6.07, 6.45) is 2.54. The Hall–Kier alpha value is -1.10. The van der Waals surface area contributed by atoms with Crippen LogP contribution in [0.5, 0.6) is 0 Å². The summed E-state index contributed by atoms with van der Waals surface area (Å²) in [4.78, 5) is 24.6. The van der Waals surface area contributed by atoms with E-state index in [1.54, 1.807) is 0 Å². The molecule has 2 amide bonds. The van der Waals surface area contributed by atoms with Gasteiger partial charge in [-0.3, -0.25) is 9.59 Å². The molecule has 0 aliphatic carbocycles. The minimum Gasteiger partial charge on any atom is -0.356 e. The van der Waals surface area contributed by atoms with E-state index in [0.29, 0.717) is 13.0 Å². The maximum atomic E-state index is 11.5. The number of hydrogen-bond donors (Lipinski definition) is 2. The minimum atomic E-state index is 0.145. The zero-order valence-electron chi connectivity index (χ0n) is 9.50. The fourth-order valence-corrected chi connectivity index (χ4v) is 2.04. The minimum absolute atomic E-state index is 0.145. The molecule has 2 N–H and O–H groups in total. The molecular weight excluding hydrogens is 206 g/mol. The van der Waals surface area contributed by atoms with Crippen molar-refractivity contribution in [1.29, 1.82) is 0 Å². The number of amides is 2. The Kier molecular flexibility index (Phi) is 3.77. The number of carbonyl (C=O) groups is 2. The quantitative estimate of drug-likeness (QED) is 0.610. The van der Waals surface area contributed by atoms with Crippen molar-refractivity contribution in [3.8, 4) is 0 Å². The molecule has 2 saturated heterocycles. The van der Waals surface area contributed by atoms with Crippen LogP contribution in [0.3, 0.4) is 0 Å². The van der Waals surface area contributed by atoms with Crippen molar-refractivity contribution in [2.75, 3.05) is 32.7 Å². The SMILES string of the molecule is O=C(NCCCN1CCCC1=O)C1CNC1. The first-order valence-electron chi connectivity index (χ1n) is 6.03. The first-order valence-corrected chi connectivity index (χ1v) is 6.03. The van der Waals surface area contributed by atoms with Crippen molar-refractivity contribution in [3.05, 3.63) is 0 Å². The van der Waals surface area contributed by atoms with Crippen molar-refractivity contribution in [3.63, 3.8) is 0 Å². The highest BCUT2D eigenvalue weighted by Crippen LogP contribution is 2.09. The number of nitrogens with zero attached hydrogens (tertiary/aromatic N) is 1. The van der Waals surface area contributed by atoms with Crippen LogP contribution in [0, 0.1) is 5.92 Å². The van der Waals surface area contributed by atoms with Gasteiger partial charge in [-0.2, -0.15) is 0 Å². The average molecular weight is 225 g/mol. The molecule has 2 rings (SSSR count). The van der Waals surface area contributed by atoms with Gasteiger partial charge in [0.2, 0.25) is 11.8 Å². The molecule has 0 aromatic carbocycles. The summed E-state index contributed by atoms with van der Waals surface area (Å²) in [5.41, 5.74) is 0. The van der Waals surface area contributed by atoms with Gasteiger partial charge in [-0.25, -0.2) is 0 Å². The molecule has 2 aliphatic rings. The summed E-state index contributed by atoms with van der Waals surface area (Å²) in [5, 5.41) is 5.98. The number of carbonyl (C=O) groups excluding carboxylic acids is 2. The number of rotatable bonds is 5. The van der Waals surface area contributed by atoms with Crippen molar-refractivity contribution >= 4 is 11.8 Å². The van der Waals surface area contributed by atoms with E-state index in [1.807, 2.05) is 4.90 Å². The first kappa shape index (κ1) is 11.4. The largest absolute Gasteiger partial charge is 0.356 e. The Morgan fingerprint density at radius 2 is 2.31 bits per heavy atom. The van der Waals surface area contributed by atoms with E-state index < -0.39 is 0 Å². The lowest BCUT2D eigenvalue weighted by molar-refractivity contribution is -0.127. The fraction of sp³-hybridized carbons (Fsp3) is 0.818. The molecule has 0 radical (unpaired) electrons. The molecule has 0 aromatic heterocycles. The van der Waals surface area contributed by atoms with Gasteiger partial charge in [-0.15, -0.1) is 0 Å². The third kappa shape index (κ3) is 2.72. The van der Waals surface area contributed by atoms with Crippen molar-refractivity contribution < 1.29 is 9.59 Å². The Morgan fingerprint density at radius 3 is 2.88 bits per heavy atom. The van der Waals surface area contributed by atoms with E-state index >= 15 is 0 Å². The van der Waals surface area contributed by atoms with Crippen LogP contribution in [-0.4, -0.2) is 49.4 Å². The van der Waals surface area contributed by atoms with Crippen molar-refractivity contribution in [2.45, 2.75) is 19.3 Å². The molecule has 0 atom stereocenters. The molecule has 0 unspecified atom stereocenters. The van der Waals surface area contributed by atoms with E-state index in [4.69, 9.17) is 0 Å². The highest BCUT2D eigenvalue weighted by molar-refractivity contribution is 5.80. The second kappa shape index (κ2) is 5.30. The van der Waals surface area contributed by atoms with Crippen LogP contribution in [0.25, 0.3) is 0 Å². The first-order chi connectivity index (χ1) is 7.77. The zero-order chi connectivity index (χ0) is 11.4. The van der Waals surface area contributed by atoms with Crippen LogP contribution in [0.2, 0.25) is 0 Å². The predicted octanol–water partition coefficient (Wildman–Crippen LogP) is -0.665. The van der Waals surface area contributed by atoms with Crippen LogP contribution in [0.4, 0.5) is 0 Å². The summed E-state index contributed by atoms with van der Waals surface area (Å²) in [5.74, 6) is 0.564. The highest BCUT2D eigenvalue weighted by atomic mass is 16.2. The average Bonchev–Trinajstić information content (AvgIpc) is 2.56. The zero-order valence-corrected chi connectivity index (χ0v) is 9.50. The highest BCUT2D eigenvalue weighted by Gasteiger charge is 2.24. The van der Waals surface area contributed by atoms with Crippen LogP contribution >= 0.6 is 0 Å². The Bertz CT molecular complexity index is 276. The molecule has 5 nitrogen and oxygen atoms in total. The Morgan fingerprint density at radius 1 is 1.50 bits per heavy atom. The molecule has 2 heterocycles. The smallest absolute Gasteiger partial charge is 0.225 e. The van der Waals surface area contributed by atoms with Crippen LogP contribution in [-0.2, 0) is 9.59 Å². The molecule has 0 saturated carbocycles. The van der Waals surface area contributed by atoms with Gasteiger partial charge in [-0.05, 0) is 12.8 Å². The summed E-state index contributed by atoms with van der Waals surface area (Å²) < 4.78 is 0. The molecule has 0 aromatic rings. The van der Waals surface area contributed by atoms with Crippen LogP contribution < -0.4 is 10.6 Å². The molecule has 5 heteroatoms. The molecule has 16 heavy (non-hydrogen) atoms. The third-order valence-electron chi connectivity index (χ3n) is 3.23. The molecule has 0 spiro atoms. The summed E-state index contributed by atoms with van der Waals surface area (Å²) >= 11 is 0. The lowest BCUT2D eigenvalue weighted by atomic mass is 10.0. The van der Waals surface area contributed by atoms with E-state index in [0.717, 1.165) is 39.0 Å². The standard InChI is InChI=1S/C11H19N3O2/c15-10-3-1-5-14(10)6-2-4-13-11(16)9-7-12-8-9/h9,12H,1-8H2,(H,13,16). The number of nitrogens with one attached hydrogen (secondary N) is 2. The second-order valence-electron chi connectivity index (χ2n) is 4.48. The normalized spacial score (nSPS) is 21.0. The van der Waals surface area contributed by atoms with E-state index in [9.17, 15) is 9.59 Å². The van der Waals surface area contributed by atoms with Gasteiger partial charge < -0.3 is 15.5 Å². The monoisotopic (exact) mass is 225 g/mol. The maximum Gasteiger partial charge on any atom is 0.225 e.